The third-order valence-electron chi connectivity index (χ3n) is 4.57. The maximum absolute atomic E-state index is 10.6. The number of hydrogen-bond acceptors (Lipinski definition) is 3. The van der Waals surface area contributed by atoms with Gasteiger partial charge in [0, 0.05) is 27.1 Å². The first-order valence-corrected chi connectivity index (χ1v) is 8.72. The first kappa shape index (κ1) is 15.4. The molecule has 5 heteroatoms. The van der Waals surface area contributed by atoms with Crippen molar-refractivity contribution in [2.75, 3.05) is 6.61 Å². The molecular weight excluding hydrogens is 368 g/mol. The Kier molecular flexibility index (Phi) is 4.12. The van der Waals surface area contributed by atoms with Gasteiger partial charge in [-0.25, -0.2) is 0 Å². The van der Waals surface area contributed by atoms with Crippen LogP contribution in [0.2, 0.25) is 0 Å². The van der Waals surface area contributed by atoms with Crippen LogP contribution < -0.4 is 5.32 Å². The van der Waals surface area contributed by atoms with E-state index in [0.717, 1.165) is 16.4 Å². The second-order valence-corrected chi connectivity index (χ2v) is 6.87. The Labute approximate surface area is 148 Å². The van der Waals surface area contributed by atoms with Crippen molar-refractivity contribution < 1.29 is 9.53 Å². The Morgan fingerprint density at radius 3 is 2.79 bits per heavy atom. The molecule has 24 heavy (non-hydrogen) atoms. The molecule has 2 N–H and O–H groups in total. The highest BCUT2D eigenvalue weighted by molar-refractivity contribution is 9.10. The summed E-state index contributed by atoms with van der Waals surface area (Å²) in [6.07, 6.45) is 0.828. The van der Waals surface area contributed by atoms with E-state index in [1.54, 1.807) is 0 Å². The van der Waals surface area contributed by atoms with E-state index < -0.39 is 0 Å². The molecule has 0 fully saturated rings. The van der Waals surface area contributed by atoms with Crippen LogP contribution in [0, 0.1) is 0 Å². The van der Waals surface area contributed by atoms with Gasteiger partial charge in [0.1, 0.15) is 6.61 Å². The van der Waals surface area contributed by atoms with Crippen molar-refractivity contribution in [1.29, 1.82) is 0 Å². The molecule has 4 nitrogen and oxygen atoms in total. The third kappa shape index (κ3) is 2.64. The normalized spacial score (nSPS) is 19.9. The topological polar surface area (TPSA) is 54.1 Å². The molecule has 122 valence electrons. The molecule has 0 unspecified atom stereocenters. The molecule has 1 aliphatic heterocycles. The fourth-order valence-corrected chi connectivity index (χ4v) is 4.04. The standard InChI is InChI=1S/C19H17BrN2O2/c20-16-7-3-1-6-14(16)18-19-15(9-12(21-18)10-24-11-23)13-5-2-4-8-17(13)22-19/h1-8,11-12,18,21-22H,9-10H2/t12-,18+/m1/s1. The molecule has 0 amide bonds. The highest BCUT2D eigenvalue weighted by atomic mass is 79.9. The average Bonchev–Trinajstić information content (AvgIpc) is 2.98. The molecular formula is C19H17BrN2O2. The molecule has 0 saturated heterocycles. The van der Waals surface area contributed by atoms with Gasteiger partial charge < -0.3 is 9.72 Å². The van der Waals surface area contributed by atoms with E-state index in [1.807, 2.05) is 24.3 Å². The van der Waals surface area contributed by atoms with Crippen molar-refractivity contribution in [3.8, 4) is 0 Å². The fraction of sp³-hybridized carbons (Fsp3) is 0.211. The summed E-state index contributed by atoms with van der Waals surface area (Å²) < 4.78 is 6.09. The number of carbonyl (C=O) groups is 1. The van der Waals surface area contributed by atoms with Crippen molar-refractivity contribution >= 4 is 33.3 Å². The number of ether oxygens (including phenoxy) is 1. The monoisotopic (exact) mass is 384 g/mol. The van der Waals surface area contributed by atoms with Crippen LogP contribution in [0.4, 0.5) is 0 Å². The molecule has 1 aromatic heterocycles. The Hall–Kier alpha value is -2.11. The zero-order chi connectivity index (χ0) is 16.5. The minimum atomic E-state index is 0.0250. The summed E-state index contributed by atoms with van der Waals surface area (Å²) in [4.78, 5) is 14.2. The predicted molar refractivity (Wildman–Crippen MR) is 96.9 cm³/mol. The minimum Gasteiger partial charge on any atom is -0.466 e. The van der Waals surface area contributed by atoms with E-state index in [1.165, 1.54) is 22.2 Å². The smallest absolute Gasteiger partial charge is 0.293 e. The fourth-order valence-electron chi connectivity index (χ4n) is 3.53. The van der Waals surface area contributed by atoms with E-state index >= 15 is 0 Å². The molecule has 2 atom stereocenters. The van der Waals surface area contributed by atoms with Crippen LogP contribution in [0.5, 0.6) is 0 Å². The largest absolute Gasteiger partial charge is 0.466 e. The molecule has 0 bridgehead atoms. The Morgan fingerprint density at radius 1 is 1.17 bits per heavy atom. The van der Waals surface area contributed by atoms with Crippen molar-refractivity contribution in [3.63, 3.8) is 0 Å². The molecule has 1 aliphatic rings. The Morgan fingerprint density at radius 2 is 1.96 bits per heavy atom. The molecule has 3 aromatic rings. The van der Waals surface area contributed by atoms with Crippen LogP contribution in [-0.4, -0.2) is 24.1 Å². The van der Waals surface area contributed by atoms with Crippen molar-refractivity contribution in [1.82, 2.24) is 10.3 Å². The Balaban J connectivity index is 1.84. The van der Waals surface area contributed by atoms with Gasteiger partial charge in [0.15, 0.2) is 0 Å². The zero-order valence-corrected chi connectivity index (χ0v) is 14.5. The van der Waals surface area contributed by atoms with Crippen LogP contribution in [0.25, 0.3) is 10.9 Å². The lowest BCUT2D eigenvalue weighted by Gasteiger charge is -2.31. The lowest BCUT2D eigenvalue weighted by atomic mass is 9.90. The second kappa shape index (κ2) is 6.42. The van der Waals surface area contributed by atoms with Crippen LogP contribution in [0.15, 0.2) is 53.0 Å². The SMILES string of the molecule is O=COC[C@H]1Cc2c([nH]c3ccccc23)[C@H](c2ccccc2Br)N1. The molecule has 0 radical (unpaired) electrons. The van der Waals surface area contributed by atoms with E-state index in [0.29, 0.717) is 13.1 Å². The summed E-state index contributed by atoms with van der Waals surface area (Å²) in [6.45, 7) is 0.878. The number of para-hydroxylation sites is 1. The molecule has 2 aromatic carbocycles. The molecule has 0 saturated carbocycles. The van der Waals surface area contributed by atoms with Crippen molar-refractivity contribution in [2.45, 2.75) is 18.5 Å². The second-order valence-electron chi connectivity index (χ2n) is 6.01. The molecule has 4 rings (SSSR count). The van der Waals surface area contributed by atoms with Crippen LogP contribution in [0.1, 0.15) is 22.9 Å². The predicted octanol–water partition coefficient (Wildman–Crippen LogP) is 3.71. The number of aromatic nitrogens is 1. The summed E-state index contributed by atoms with van der Waals surface area (Å²) >= 11 is 3.66. The molecule has 0 aliphatic carbocycles. The first-order chi connectivity index (χ1) is 11.8. The number of aromatic amines is 1. The number of carbonyl (C=O) groups excluding carboxylic acids is 1. The van der Waals surface area contributed by atoms with E-state index in [-0.39, 0.29) is 12.1 Å². The minimum absolute atomic E-state index is 0.0250. The van der Waals surface area contributed by atoms with Gasteiger partial charge in [0.05, 0.1) is 6.04 Å². The van der Waals surface area contributed by atoms with Gasteiger partial charge >= 0.3 is 0 Å². The number of H-pyrrole nitrogens is 1. The third-order valence-corrected chi connectivity index (χ3v) is 5.29. The van der Waals surface area contributed by atoms with Crippen molar-refractivity contribution in [3.05, 3.63) is 69.8 Å². The van der Waals surface area contributed by atoms with Crippen LogP contribution in [-0.2, 0) is 16.0 Å². The van der Waals surface area contributed by atoms with Gasteiger partial charge in [-0.05, 0) is 29.7 Å². The van der Waals surface area contributed by atoms with Gasteiger partial charge in [-0.2, -0.15) is 0 Å². The van der Waals surface area contributed by atoms with E-state index in [2.05, 4.69) is 50.5 Å². The van der Waals surface area contributed by atoms with Gasteiger partial charge in [-0.1, -0.05) is 52.3 Å². The summed E-state index contributed by atoms with van der Waals surface area (Å²) in [5.74, 6) is 0. The van der Waals surface area contributed by atoms with Gasteiger partial charge in [-0.15, -0.1) is 0 Å². The van der Waals surface area contributed by atoms with Crippen LogP contribution >= 0.6 is 15.9 Å². The highest BCUT2D eigenvalue weighted by Gasteiger charge is 2.31. The lowest BCUT2D eigenvalue weighted by Crippen LogP contribution is -2.42. The van der Waals surface area contributed by atoms with Gasteiger partial charge in [0.25, 0.3) is 6.47 Å². The zero-order valence-electron chi connectivity index (χ0n) is 13.0. The van der Waals surface area contributed by atoms with Crippen LogP contribution in [0.3, 0.4) is 0 Å². The number of hydrogen-bond donors (Lipinski definition) is 2. The van der Waals surface area contributed by atoms with E-state index in [4.69, 9.17) is 4.74 Å². The summed E-state index contributed by atoms with van der Waals surface area (Å²) in [7, 11) is 0. The highest BCUT2D eigenvalue weighted by Crippen LogP contribution is 2.37. The first-order valence-electron chi connectivity index (χ1n) is 7.93. The average molecular weight is 385 g/mol. The van der Waals surface area contributed by atoms with Gasteiger partial charge in [-0.3, -0.25) is 10.1 Å². The van der Waals surface area contributed by atoms with Gasteiger partial charge in [0.2, 0.25) is 0 Å². The van der Waals surface area contributed by atoms with E-state index in [9.17, 15) is 4.79 Å². The quantitative estimate of drug-likeness (QED) is 0.674. The molecule has 2 heterocycles. The number of fused-ring (bicyclic) bond motifs is 3. The number of rotatable bonds is 4. The maximum atomic E-state index is 10.6. The van der Waals surface area contributed by atoms with Crippen molar-refractivity contribution in [2.24, 2.45) is 0 Å². The summed E-state index contributed by atoms with van der Waals surface area (Å²) in [6, 6.07) is 16.7. The molecule has 0 spiro atoms. The number of halogens is 1. The Bertz CT molecular complexity index is 890. The summed E-state index contributed by atoms with van der Waals surface area (Å²) in [5.41, 5.74) is 4.79. The number of nitrogens with one attached hydrogen (secondary N) is 2. The lowest BCUT2D eigenvalue weighted by molar-refractivity contribution is -0.129. The number of benzene rings is 2. The maximum Gasteiger partial charge on any atom is 0.293 e. The summed E-state index contributed by atoms with van der Waals surface area (Å²) in [5, 5.41) is 4.86.